The van der Waals surface area contributed by atoms with Crippen molar-refractivity contribution in [2.75, 3.05) is 6.54 Å². The van der Waals surface area contributed by atoms with Gasteiger partial charge in [-0.25, -0.2) is 8.78 Å². The van der Waals surface area contributed by atoms with Crippen LogP contribution in [0.3, 0.4) is 0 Å². The largest absolute Gasteiger partial charge is 0.351 e. The van der Waals surface area contributed by atoms with Crippen LogP contribution in [0, 0.1) is 17.6 Å². The molecule has 2 N–H and O–H groups in total. The molecule has 1 fully saturated rings. The molecule has 2 amide bonds. The van der Waals surface area contributed by atoms with Gasteiger partial charge in [-0.3, -0.25) is 9.59 Å². The quantitative estimate of drug-likeness (QED) is 0.539. The van der Waals surface area contributed by atoms with E-state index >= 15 is 0 Å². The lowest BCUT2D eigenvalue weighted by Crippen LogP contribution is -2.47. The first-order valence-corrected chi connectivity index (χ1v) is 9.30. The van der Waals surface area contributed by atoms with E-state index in [4.69, 9.17) is 0 Å². The Kier molecular flexibility index (Phi) is 8.17. The molecule has 1 aromatic rings. The van der Waals surface area contributed by atoms with Crippen LogP contribution < -0.4 is 10.6 Å². The van der Waals surface area contributed by atoms with E-state index in [0.29, 0.717) is 18.0 Å². The van der Waals surface area contributed by atoms with Gasteiger partial charge >= 0.3 is 0 Å². The highest BCUT2D eigenvalue weighted by Crippen LogP contribution is 2.25. The Balaban J connectivity index is 2.05. The number of rotatable bonds is 8. The molecule has 0 heterocycles. The molecule has 6 heteroatoms. The van der Waals surface area contributed by atoms with Crippen molar-refractivity contribution in [2.45, 2.75) is 45.1 Å². The van der Waals surface area contributed by atoms with Gasteiger partial charge in [-0.15, -0.1) is 0 Å². The zero-order chi connectivity index (χ0) is 19.6. The van der Waals surface area contributed by atoms with Crippen molar-refractivity contribution in [2.24, 2.45) is 5.92 Å². The van der Waals surface area contributed by atoms with Crippen molar-refractivity contribution in [3.63, 3.8) is 0 Å². The Labute approximate surface area is 158 Å². The number of nitrogens with one attached hydrogen (secondary N) is 2. The van der Waals surface area contributed by atoms with Crippen LogP contribution in [0.1, 0.15) is 38.2 Å². The summed E-state index contributed by atoms with van der Waals surface area (Å²) in [6, 6.07) is 2.18. The van der Waals surface area contributed by atoms with Crippen LogP contribution in [0.25, 0.3) is 0 Å². The summed E-state index contributed by atoms with van der Waals surface area (Å²) in [6.45, 7) is 2.14. The molecule has 27 heavy (non-hydrogen) atoms. The minimum atomic E-state index is -0.919. The second-order valence-electron chi connectivity index (χ2n) is 6.76. The van der Waals surface area contributed by atoms with Crippen LogP contribution >= 0.6 is 0 Å². The minimum absolute atomic E-state index is 0.000634. The van der Waals surface area contributed by atoms with Crippen LogP contribution in [0.5, 0.6) is 0 Å². The van der Waals surface area contributed by atoms with Gasteiger partial charge in [0.15, 0.2) is 0 Å². The summed E-state index contributed by atoms with van der Waals surface area (Å²) in [6.07, 6.45) is 11.3. The van der Waals surface area contributed by atoms with Gasteiger partial charge < -0.3 is 10.6 Å². The van der Waals surface area contributed by atoms with Gasteiger partial charge in [0.25, 0.3) is 0 Å². The molecule has 4 nitrogen and oxygen atoms in total. The Hall–Kier alpha value is -2.50. The minimum Gasteiger partial charge on any atom is -0.351 e. The van der Waals surface area contributed by atoms with Crippen molar-refractivity contribution in [3.05, 3.63) is 59.7 Å². The highest BCUT2D eigenvalue weighted by molar-refractivity contribution is 5.93. The lowest BCUT2D eigenvalue weighted by Gasteiger charge is -2.18. The molecule has 0 radical (unpaired) electrons. The van der Waals surface area contributed by atoms with Crippen LogP contribution in [0.4, 0.5) is 8.78 Å². The average Bonchev–Trinajstić information content (AvgIpc) is 3.12. The van der Waals surface area contributed by atoms with Gasteiger partial charge in [-0.1, -0.05) is 31.1 Å². The van der Waals surface area contributed by atoms with Crippen molar-refractivity contribution >= 4 is 11.8 Å². The van der Waals surface area contributed by atoms with Gasteiger partial charge in [0.2, 0.25) is 11.8 Å². The van der Waals surface area contributed by atoms with Crippen LogP contribution in [-0.2, 0) is 16.0 Å². The first-order chi connectivity index (χ1) is 13.0. The molecular formula is C21H26F2N2O2. The van der Waals surface area contributed by atoms with Crippen molar-refractivity contribution in [1.29, 1.82) is 0 Å². The van der Waals surface area contributed by atoms with Gasteiger partial charge in [0.05, 0.1) is 0 Å². The fourth-order valence-corrected chi connectivity index (χ4v) is 3.17. The number of halogens is 2. The van der Waals surface area contributed by atoms with Crippen LogP contribution in [0.2, 0.25) is 0 Å². The summed E-state index contributed by atoms with van der Waals surface area (Å²) in [5.74, 6) is -1.82. The molecule has 0 aromatic heterocycles. The molecule has 0 aliphatic heterocycles. The average molecular weight is 376 g/mol. The fraction of sp³-hybridized carbons (Fsp3) is 0.429. The third-order valence-corrected chi connectivity index (χ3v) is 4.54. The Bertz CT molecular complexity index is 690. The molecule has 1 saturated carbocycles. The molecule has 0 saturated heterocycles. The third kappa shape index (κ3) is 7.33. The molecule has 146 valence electrons. The van der Waals surface area contributed by atoms with E-state index in [0.717, 1.165) is 43.9 Å². The standard InChI is InChI=1S/C21H26F2N2O2/c1-2-3-10-24-21(27)19(13-16-11-17(22)14-18(23)12-16)25-20(26)9-8-15-6-4-5-7-15/h2-3,8-9,11-12,14-15,19H,4-7,10,13H2,1H3,(H,24,27)(H,25,26)/b3-2-,9-8+/t19-/m0/s1. The predicted octanol–water partition coefficient (Wildman–Crippen LogP) is 3.43. The number of carbonyl (C=O) groups excluding carboxylic acids is 2. The van der Waals surface area contributed by atoms with Crippen molar-refractivity contribution in [3.8, 4) is 0 Å². The second-order valence-corrected chi connectivity index (χ2v) is 6.76. The molecule has 0 bridgehead atoms. The number of amides is 2. The number of allylic oxidation sites excluding steroid dienone is 2. The molecule has 0 unspecified atom stereocenters. The fourth-order valence-electron chi connectivity index (χ4n) is 3.17. The van der Waals surface area contributed by atoms with E-state index in [-0.39, 0.29) is 12.3 Å². The number of hydrogen-bond donors (Lipinski definition) is 2. The lowest BCUT2D eigenvalue weighted by molar-refractivity contribution is -0.126. The molecule has 1 atom stereocenters. The molecular weight excluding hydrogens is 350 g/mol. The summed E-state index contributed by atoms with van der Waals surface area (Å²) < 4.78 is 26.9. The van der Waals surface area contributed by atoms with E-state index in [1.54, 1.807) is 12.2 Å². The number of hydrogen-bond acceptors (Lipinski definition) is 2. The molecule has 2 rings (SSSR count). The van der Waals surface area contributed by atoms with E-state index in [2.05, 4.69) is 10.6 Å². The van der Waals surface area contributed by atoms with Crippen molar-refractivity contribution < 1.29 is 18.4 Å². The maximum absolute atomic E-state index is 13.4. The highest BCUT2D eigenvalue weighted by Gasteiger charge is 2.21. The molecule has 0 spiro atoms. The Morgan fingerprint density at radius 1 is 1.19 bits per heavy atom. The predicted molar refractivity (Wildman–Crippen MR) is 101 cm³/mol. The van der Waals surface area contributed by atoms with Gasteiger partial charge in [0, 0.05) is 19.0 Å². The second kappa shape index (κ2) is 10.6. The van der Waals surface area contributed by atoms with E-state index in [9.17, 15) is 18.4 Å². The number of carbonyl (C=O) groups is 2. The number of benzene rings is 1. The summed E-state index contributed by atoms with van der Waals surface area (Å²) in [5, 5.41) is 5.33. The summed E-state index contributed by atoms with van der Waals surface area (Å²) in [7, 11) is 0. The molecule has 1 aliphatic carbocycles. The normalized spacial score (nSPS) is 16.1. The Morgan fingerprint density at radius 3 is 2.48 bits per heavy atom. The van der Waals surface area contributed by atoms with Crippen LogP contribution in [-0.4, -0.2) is 24.4 Å². The third-order valence-electron chi connectivity index (χ3n) is 4.54. The van der Waals surface area contributed by atoms with E-state index in [1.807, 2.05) is 13.0 Å². The van der Waals surface area contributed by atoms with Crippen LogP contribution in [0.15, 0.2) is 42.5 Å². The lowest BCUT2D eigenvalue weighted by atomic mass is 10.0. The van der Waals surface area contributed by atoms with Gasteiger partial charge in [-0.05, 0) is 49.5 Å². The zero-order valence-corrected chi connectivity index (χ0v) is 15.5. The maximum atomic E-state index is 13.4. The van der Waals surface area contributed by atoms with Crippen molar-refractivity contribution in [1.82, 2.24) is 10.6 Å². The molecule has 1 aliphatic rings. The molecule has 1 aromatic carbocycles. The monoisotopic (exact) mass is 376 g/mol. The van der Waals surface area contributed by atoms with Gasteiger partial charge in [-0.2, -0.15) is 0 Å². The summed E-state index contributed by atoms with van der Waals surface area (Å²) in [5.41, 5.74) is 0.304. The summed E-state index contributed by atoms with van der Waals surface area (Å²) in [4.78, 5) is 24.6. The van der Waals surface area contributed by atoms with E-state index in [1.165, 1.54) is 6.08 Å². The zero-order valence-electron chi connectivity index (χ0n) is 15.5. The smallest absolute Gasteiger partial charge is 0.244 e. The topological polar surface area (TPSA) is 58.2 Å². The highest BCUT2D eigenvalue weighted by atomic mass is 19.1. The van der Waals surface area contributed by atoms with Gasteiger partial charge in [0.1, 0.15) is 17.7 Å². The maximum Gasteiger partial charge on any atom is 0.244 e. The van der Waals surface area contributed by atoms with E-state index < -0.39 is 23.6 Å². The SMILES string of the molecule is C/C=C\CNC(=O)[C@H](Cc1cc(F)cc(F)c1)NC(=O)/C=C/C1CCCC1. The Morgan fingerprint density at radius 2 is 1.85 bits per heavy atom. The first-order valence-electron chi connectivity index (χ1n) is 9.30. The first kappa shape index (κ1) is 20.8. The summed E-state index contributed by atoms with van der Waals surface area (Å²) >= 11 is 0.